The van der Waals surface area contributed by atoms with Gasteiger partial charge in [0.2, 0.25) is 0 Å². The zero-order valence-electron chi connectivity index (χ0n) is 10.5. The summed E-state index contributed by atoms with van der Waals surface area (Å²) in [6.07, 6.45) is 0.905. The van der Waals surface area contributed by atoms with Crippen LogP contribution in [-0.4, -0.2) is 34.6 Å². The topological polar surface area (TPSA) is 60.8 Å². The molecule has 1 amide bonds. The zero-order valence-corrected chi connectivity index (χ0v) is 10.5. The molecule has 0 aromatic heterocycles. The van der Waals surface area contributed by atoms with E-state index >= 15 is 0 Å². The Morgan fingerprint density at radius 2 is 2.00 bits per heavy atom. The predicted molar refractivity (Wildman–Crippen MR) is 66.2 cm³/mol. The lowest BCUT2D eigenvalue weighted by atomic mass is 10.1. The van der Waals surface area contributed by atoms with Gasteiger partial charge in [0, 0.05) is 13.6 Å². The quantitative estimate of drug-likeness (QED) is 0.789. The van der Waals surface area contributed by atoms with Gasteiger partial charge in [-0.3, -0.25) is 4.79 Å². The lowest BCUT2D eigenvalue weighted by Crippen LogP contribution is -2.28. The number of rotatable bonds is 4. The van der Waals surface area contributed by atoms with E-state index in [1.165, 1.54) is 18.2 Å². The van der Waals surface area contributed by atoms with Gasteiger partial charge in [-0.1, -0.05) is 13.8 Å². The fourth-order valence-electron chi connectivity index (χ4n) is 1.45. The molecule has 0 spiro atoms. The van der Waals surface area contributed by atoms with Crippen molar-refractivity contribution in [1.82, 2.24) is 4.90 Å². The molecule has 1 rings (SSSR count). The molecule has 0 saturated heterocycles. The molecule has 0 heterocycles. The lowest BCUT2D eigenvalue weighted by molar-refractivity contribution is 0.0785. The van der Waals surface area contributed by atoms with Gasteiger partial charge in [-0.2, -0.15) is 0 Å². The largest absolute Gasteiger partial charge is 0.508 e. The summed E-state index contributed by atoms with van der Waals surface area (Å²) in [5.41, 5.74) is 0.135. The van der Waals surface area contributed by atoms with Crippen molar-refractivity contribution in [3.05, 3.63) is 23.8 Å². The van der Waals surface area contributed by atoms with Crippen LogP contribution in [0.3, 0.4) is 0 Å². The molecular weight excluding hydrogens is 218 g/mol. The molecule has 4 nitrogen and oxygen atoms in total. The lowest BCUT2D eigenvalue weighted by Gasteiger charge is -2.18. The predicted octanol–water partition coefficient (Wildman–Crippen LogP) is 2.22. The van der Waals surface area contributed by atoms with Crippen molar-refractivity contribution in [2.75, 3.05) is 13.6 Å². The first-order chi connectivity index (χ1) is 7.91. The highest BCUT2D eigenvalue weighted by molar-refractivity contribution is 5.97. The van der Waals surface area contributed by atoms with Crippen molar-refractivity contribution in [3.8, 4) is 11.5 Å². The van der Waals surface area contributed by atoms with E-state index in [0.717, 1.165) is 6.42 Å². The van der Waals surface area contributed by atoms with Crippen molar-refractivity contribution >= 4 is 5.91 Å². The Kier molecular flexibility index (Phi) is 4.37. The molecule has 1 aromatic carbocycles. The van der Waals surface area contributed by atoms with Gasteiger partial charge < -0.3 is 15.1 Å². The number of nitrogens with zero attached hydrogens (tertiary/aromatic N) is 1. The minimum absolute atomic E-state index is 0.0246. The molecule has 0 radical (unpaired) electrons. The number of hydrogen-bond acceptors (Lipinski definition) is 3. The van der Waals surface area contributed by atoms with Gasteiger partial charge in [0.05, 0.1) is 5.56 Å². The maximum atomic E-state index is 12.0. The summed E-state index contributed by atoms with van der Waals surface area (Å²) in [5.74, 6) is 0.106. The van der Waals surface area contributed by atoms with Crippen molar-refractivity contribution in [2.45, 2.75) is 20.3 Å². The minimum atomic E-state index is -0.279. The second kappa shape index (κ2) is 5.57. The first-order valence-electron chi connectivity index (χ1n) is 5.69. The van der Waals surface area contributed by atoms with Crippen molar-refractivity contribution in [1.29, 1.82) is 0 Å². The highest BCUT2D eigenvalue weighted by atomic mass is 16.3. The molecule has 94 valence electrons. The van der Waals surface area contributed by atoms with Crippen LogP contribution in [0.2, 0.25) is 0 Å². The molecule has 4 heteroatoms. The van der Waals surface area contributed by atoms with E-state index in [-0.39, 0.29) is 23.0 Å². The molecule has 0 aliphatic carbocycles. The van der Waals surface area contributed by atoms with Crippen LogP contribution in [0.5, 0.6) is 11.5 Å². The number of carbonyl (C=O) groups excluding carboxylic acids is 1. The number of phenolic OH excluding ortho intramolecular Hbond substituents is 2. The summed E-state index contributed by atoms with van der Waals surface area (Å²) in [6.45, 7) is 4.81. The molecule has 0 aliphatic heterocycles. The number of carbonyl (C=O) groups is 1. The van der Waals surface area contributed by atoms with Crippen LogP contribution in [-0.2, 0) is 0 Å². The number of phenols is 2. The van der Waals surface area contributed by atoms with Crippen LogP contribution >= 0.6 is 0 Å². The second-order valence-electron chi connectivity index (χ2n) is 4.61. The summed E-state index contributed by atoms with van der Waals surface area (Å²) in [5, 5.41) is 18.9. The normalized spacial score (nSPS) is 10.6. The Bertz CT molecular complexity index is 402. The monoisotopic (exact) mass is 237 g/mol. The highest BCUT2D eigenvalue weighted by Crippen LogP contribution is 2.23. The SMILES string of the molecule is CC(C)CCN(C)C(=O)c1cc(O)ccc1O. The molecular formula is C13H19NO3. The minimum Gasteiger partial charge on any atom is -0.508 e. The Hall–Kier alpha value is -1.71. The first kappa shape index (κ1) is 13.4. The average molecular weight is 237 g/mol. The fourth-order valence-corrected chi connectivity index (χ4v) is 1.45. The molecule has 0 unspecified atom stereocenters. The van der Waals surface area contributed by atoms with Crippen LogP contribution in [0.25, 0.3) is 0 Å². The highest BCUT2D eigenvalue weighted by Gasteiger charge is 2.16. The molecule has 0 bridgehead atoms. The summed E-state index contributed by atoms with van der Waals surface area (Å²) in [4.78, 5) is 13.5. The molecule has 0 fully saturated rings. The second-order valence-corrected chi connectivity index (χ2v) is 4.61. The molecule has 0 saturated carbocycles. The Balaban J connectivity index is 2.78. The Morgan fingerprint density at radius 1 is 1.35 bits per heavy atom. The van der Waals surface area contributed by atoms with Gasteiger partial charge in [-0.05, 0) is 30.5 Å². The third-order valence-corrected chi connectivity index (χ3v) is 2.60. The summed E-state index contributed by atoms with van der Waals surface area (Å²) >= 11 is 0. The zero-order chi connectivity index (χ0) is 13.0. The summed E-state index contributed by atoms with van der Waals surface area (Å²) in [6, 6.07) is 3.95. The molecule has 17 heavy (non-hydrogen) atoms. The number of aromatic hydroxyl groups is 2. The molecule has 1 aromatic rings. The molecule has 0 atom stereocenters. The van der Waals surface area contributed by atoms with E-state index in [1.54, 1.807) is 11.9 Å². The van der Waals surface area contributed by atoms with Gasteiger partial charge in [-0.25, -0.2) is 0 Å². The standard InChI is InChI=1S/C13H19NO3/c1-9(2)6-7-14(3)13(17)11-8-10(15)4-5-12(11)16/h4-5,8-9,15-16H,6-7H2,1-3H3. The van der Waals surface area contributed by atoms with Gasteiger partial charge in [0.25, 0.3) is 5.91 Å². The number of hydrogen-bond donors (Lipinski definition) is 2. The van der Waals surface area contributed by atoms with E-state index in [0.29, 0.717) is 12.5 Å². The maximum absolute atomic E-state index is 12.0. The molecule has 0 aliphatic rings. The number of benzene rings is 1. The van der Waals surface area contributed by atoms with E-state index in [2.05, 4.69) is 13.8 Å². The van der Waals surface area contributed by atoms with Crippen LogP contribution < -0.4 is 0 Å². The molecule has 2 N–H and O–H groups in total. The smallest absolute Gasteiger partial charge is 0.257 e. The third-order valence-electron chi connectivity index (χ3n) is 2.60. The first-order valence-corrected chi connectivity index (χ1v) is 5.69. The van der Waals surface area contributed by atoms with E-state index in [4.69, 9.17) is 0 Å². The average Bonchev–Trinajstić information content (AvgIpc) is 2.28. The van der Waals surface area contributed by atoms with Crippen LogP contribution in [0, 0.1) is 5.92 Å². The van der Waals surface area contributed by atoms with E-state index < -0.39 is 0 Å². The van der Waals surface area contributed by atoms with Crippen LogP contribution in [0.4, 0.5) is 0 Å². The van der Waals surface area contributed by atoms with Crippen molar-refractivity contribution in [3.63, 3.8) is 0 Å². The van der Waals surface area contributed by atoms with E-state index in [1.807, 2.05) is 0 Å². The van der Waals surface area contributed by atoms with Gasteiger partial charge >= 0.3 is 0 Å². The van der Waals surface area contributed by atoms with Crippen molar-refractivity contribution in [2.24, 2.45) is 5.92 Å². The number of amides is 1. The Morgan fingerprint density at radius 3 is 2.59 bits per heavy atom. The van der Waals surface area contributed by atoms with Crippen LogP contribution in [0.15, 0.2) is 18.2 Å². The van der Waals surface area contributed by atoms with Gasteiger partial charge in [0.15, 0.2) is 0 Å². The van der Waals surface area contributed by atoms with Gasteiger partial charge in [-0.15, -0.1) is 0 Å². The summed E-state index contributed by atoms with van der Waals surface area (Å²) in [7, 11) is 1.69. The third kappa shape index (κ3) is 3.66. The van der Waals surface area contributed by atoms with E-state index in [9.17, 15) is 15.0 Å². The summed E-state index contributed by atoms with van der Waals surface area (Å²) < 4.78 is 0. The maximum Gasteiger partial charge on any atom is 0.257 e. The van der Waals surface area contributed by atoms with Crippen LogP contribution in [0.1, 0.15) is 30.6 Å². The fraction of sp³-hybridized carbons (Fsp3) is 0.462. The van der Waals surface area contributed by atoms with Gasteiger partial charge in [0.1, 0.15) is 11.5 Å². The van der Waals surface area contributed by atoms with Crippen molar-refractivity contribution < 1.29 is 15.0 Å². The Labute approximate surface area is 101 Å².